The van der Waals surface area contributed by atoms with E-state index in [-0.39, 0.29) is 11.7 Å². The molecule has 0 saturated carbocycles. The molecule has 0 unspecified atom stereocenters. The number of hydrogen-bond acceptors (Lipinski definition) is 3. The van der Waals surface area contributed by atoms with E-state index in [0.717, 1.165) is 11.1 Å². The van der Waals surface area contributed by atoms with Gasteiger partial charge in [-0.1, -0.05) is 41.5 Å². The second-order valence-corrected chi connectivity index (χ2v) is 5.86. The molecule has 0 aliphatic heterocycles. The average Bonchev–Trinajstić information content (AvgIpc) is 2.44. The molecule has 0 spiro atoms. The molecule has 0 bridgehead atoms. The predicted octanol–water partition coefficient (Wildman–Crippen LogP) is 4.55. The molecule has 3 heteroatoms. The number of benzene rings is 1. The van der Waals surface area contributed by atoms with Crippen molar-refractivity contribution in [1.29, 1.82) is 0 Å². The van der Waals surface area contributed by atoms with Crippen LogP contribution in [0.2, 0.25) is 0 Å². The molecule has 0 atom stereocenters. The van der Waals surface area contributed by atoms with Gasteiger partial charge < -0.3 is 10.4 Å². The van der Waals surface area contributed by atoms with Crippen molar-refractivity contribution in [1.82, 2.24) is 5.32 Å². The minimum atomic E-state index is 0.159. The monoisotopic (exact) mass is 309 g/mol. The van der Waals surface area contributed by atoms with Crippen LogP contribution in [0.3, 0.4) is 0 Å². The fraction of sp³-hybridized carbons (Fsp3) is 0.632. The number of ketones is 1. The largest absolute Gasteiger partial charge is 0.508 e. The van der Waals surface area contributed by atoms with Crippen LogP contribution in [0.4, 0.5) is 0 Å². The predicted molar refractivity (Wildman–Crippen MR) is 96.6 cm³/mol. The third-order valence-electron chi connectivity index (χ3n) is 3.24. The number of aryl methyl sites for hydroxylation is 2. The van der Waals surface area contributed by atoms with Crippen molar-refractivity contribution < 1.29 is 9.90 Å². The highest BCUT2D eigenvalue weighted by Crippen LogP contribution is 2.18. The van der Waals surface area contributed by atoms with Crippen molar-refractivity contribution in [2.45, 2.75) is 68.4 Å². The minimum Gasteiger partial charge on any atom is -0.508 e. The highest BCUT2D eigenvalue weighted by atomic mass is 16.3. The summed E-state index contributed by atoms with van der Waals surface area (Å²) in [7, 11) is 0. The molecule has 0 radical (unpaired) electrons. The molecule has 1 rings (SSSR count). The summed E-state index contributed by atoms with van der Waals surface area (Å²) in [6.07, 6.45) is 0. The number of phenolic OH excluding ortho intramolecular Hbond substituents is 1. The summed E-state index contributed by atoms with van der Waals surface area (Å²) in [6.45, 7) is 18.5. The number of carbonyl (C=O) groups is 1. The van der Waals surface area contributed by atoms with Gasteiger partial charge in [-0.15, -0.1) is 0 Å². The lowest BCUT2D eigenvalue weighted by Crippen LogP contribution is -2.31. The van der Waals surface area contributed by atoms with Crippen molar-refractivity contribution in [3.8, 4) is 5.75 Å². The first-order valence-corrected chi connectivity index (χ1v) is 8.18. The van der Waals surface area contributed by atoms with E-state index < -0.39 is 0 Å². The maximum absolute atomic E-state index is 11.0. The molecular weight excluding hydrogens is 274 g/mol. The number of carbonyl (C=O) groups excluding carboxylic acids is 1. The highest BCUT2D eigenvalue weighted by Gasteiger charge is 2.06. The first kappa shape index (κ1) is 22.9. The van der Waals surface area contributed by atoms with Crippen LogP contribution in [0.1, 0.15) is 58.2 Å². The molecule has 0 aromatic heterocycles. The summed E-state index contributed by atoms with van der Waals surface area (Å²) in [4.78, 5) is 11.0. The molecule has 0 amide bonds. The van der Waals surface area contributed by atoms with Crippen LogP contribution < -0.4 is 5.32 Å². The molecule has 1 aromatic carbocycles. The van der Waals surface area contributed by atoms with Gasteiger partial charge in [0.1, 0.15) is 11.5 Å². The van der Waals surface area contributed by atoms with Crippen LogP contribution in [0.15, 0.2) is 12.1 Å². The van der Waals surface area contributed by atoms with Crippen molar-refractivity contribution in [3.05, 3.63) is 28.8 Å². The van der Waals surface area contributed by atoms with E-state index in [1.165, 1.54) is 5.56 Å². The first-order chi connectivity index (χ1) is 10.1. The molecule has 0 aliphatic rings. The maximum Gasteiger partial charge on any atom is 0.149 e. The van der Waals surface area contributed by atoms with Crippen LogP contribution in [0.25, 0.3) is 0 Å². The minimum absolute atomic E-state index is 0.159. The molecule has 1 aromatic rings. The van der Waals surface area contributed by atoms with Crippen LogP contribution in [0.5, 0.6) is 5.75 Å². The quantitative estimate of drug-likeness (QED) is 0.857. The zero-order valence-corrected chi connectivity index (χ0v) is 15.9. The Kier molecular flexibility index (Phi) is 12.7. The summed E-state index contributed by atoms with van der Waals surface area (Å²) < 4.78 is 0. The van der Waals surface area contributed by atoms with Gasteiger partial charge in [0.25, 0.3) is 0 Å². The van der Waals surface area contributed by atoms with Crippen molar-refractivity contribution in [3.63, 3.8) is 0 Å². The van der Waals surface area contributed by atoms with Gasteiger partial charge in [0.15, 0.2) is 0 Å². The molecule has 3 nitrogen and oxygen atoms in total. The van der Waals surface area contributed by atoms with Crippen molar-refractivity contribution in [2.24, 2.45) is 5.92 Å². The molecule has 22 heavy (non-hydrogen) atoms. The summed E-state index contributed by atoms with van der Waals surface area (Å²) in [5.41, 5.74) is 3.56. The molecular formula is C19H35NO2. The van der Waals surface area contributed by atoms with E-state index in [2.05, 4.69) is 12.2 Å². The number of aromatic hydroxyl groups is 1. The molecule has 0 aliphatic carbocycles. The Hall–Kier alpha value is -1.35. The second kappa shape index (κ2) is 12.2. The van der Waals surface area contributed by atoms with Crippen LogP contribution in [-0.4, -0.2) is 23.5 Å². The van der Waals surface area contributed by atoms with E-state index in [1.54, 1.807) is 12.1 Å². The van der Waals surface area contributed by atoms with Gasteiger partial charge in [-0.25, -0.2) is 0 Å². The fourth-order valence-corrected chi connectivity index (χ4v) is 1.52. The Labute approximate surface area is 137 Å². The lowest BCUT2D eigenvalue weighted by atomic mass is 10.0. The van der Waals surface area contributed by atoms with Gasteiger partial charge in [0, 0.05) is 12.0 Å². The first-order valence-electron chi connectivity index (χ1n) is 8.18. The van der Waals surface area contributed by atoms with Gasteiger partial charge in [-0.3, -0.25) is 4.79 Å². The lowest BCUT2D eigenvalue weighted by molar-refractivity contribution is -0.121. The molecule has 2 N–H and O–H groups in total. The Bertz CT molecular complexity index is 414. The Morgan fingerprint density at radius 3 is 1.77 bits per heavy atom. The van der Waals surface area contributed by atoms with E-state index in [1.807, 2.05) is 55.4 Å². The third-order valence-corrected chi connectivity index (χ3v) is 3.24. The topological polar surface area (TPSA) is 49.3 Å². The molecule has 0 fully saturated rings. The Morgan fingerprint density at radius 2 is 1.45 bits per heavy atom. The van der Waals surface area contributed by atoms with E-state index in [4.69, 9.17) is 5.11 Å². The average molecular weight is 309 g/mol. The van der Waals surface area contributed by atoms with Gasteiger partial charge >= 0.3 is 0 Å². The van der Waals surface area contributed by atoms with Gasteiger partial charge in [0.2, 0.25) is 0 Å². The fourth-order valence-electron chi connectivity index (χ4n) is 1.52. The van der Waals surface area contributed by atoms with E-state index >= 15 is 0 Å². The smallest absolute Gasteiger partial charge is 0.149 e. The SMILES string of the molecule is CC.CC(C)NCC(=O)C(C)C.Cc1cc(O)cc(C)c1C. The number of nitrogens with one attached hydrogen (secondary N) is 1. The van der Waals surface area contributed by atoms with Crippen LogP contribution in [0, 0.1) is 26.7 Å². The maximum atomic E-state index is 11.0. The highest BCUT2D eigenvalue weighted by molar-refractivity contribution is 5.82. The normalized spacial score (nSPS) is 9.77. The summed E-state index contributed by atoms with van der Waals surface area (Å²) in [5, 5.41) is 12.2. The standard InChI is InChI=1S/C9H12O.C8H17NO.C2H6/c1-6-4-9(10)5-7(2)8(6)3;1-6(2)8(10)5-9-7(3)4;1-2/h4-5,10H,1-3H3;6-7,9H,5H2,1-4H3;1-2H3. The Morgan fingerprint density at radius 1 is 1.05 bits per heavy atom. The number of hydrogen-bond donors (Lipinski definition) is 2. The zero-order chi connectivity index (χ0) is 17.9. The number of Topliss-reactive ketones (excluding diaryl/α,β-unsaturated/α-hetero) is 1. The summed E-state index contributed by atoms with van der Waals surface area (Å²) in [6, 6.07) is 3.97. The van der Waals surface area contributed by atoms with Gasteiger partial charge in [-0.2, -0.15) is 0 Å². The van der Waals surface area contributed by atoms with E-state index in [9.17, 15) is 4.79 Å². The number of phenols is 1. The van der Waals surface area contributed by atoms with Gasteiger partial charge in [0.05, 0.1) is 6.54 Å². The molecule has 0 heterocycles. The third kappa shape index (κ3) is 10.4. The van der Waals surface area contributed by atoms with Crippen molar-refractivity contribution in [2.75, 3.05) is 6.54 Å². The van der Waals surface area contributed by atoms with Crippen LogP contribution >= 0.6 is 0 Å². The molecule has 0 saturated heterocycles. The molecule has 128 valence electrons. The van der Waals surface area contributed by atoms with Crippen molar-refractivity contribution >= 4 is 5.78 Å². The second-order valence-electron chi connectivity index (χ2n) is 5.86. The zero-order valence-electron chi connectivity index (χ0n) is 15.9. The Balaban J connectivity index is 0. The van der Waals surface area contributed by atoms with Crippen LogP contribution in [-0.2, 0) is 4.79 Å². The van der Waals surface area contributed by atoms with Gasteiger partial charge in [-0.05, 0) is 49.6 Å². The summed E-state index contributed by atoms with van der Waals surface area (Å²) >= 11 is 0. The number of rotatable bonds is 4. The lowest BCUT2D eigenvalue weighted by Gasteiger charge is -2.08. The summed E-state index contributed by atoms with van der Waals surface area (Å²) in [5.74, 6) is 0.806. The van der Waals surface area contributed by atoms with E-state index in [0.29, 0.717) is 18.3 Å².